The molecule has 2 amide bonds. The number of anilines is 1. The zero-order chi connectivity index (χ0) is 25.8. The Bertz CT molecular complexity index is 1220. The van der Waals surface area contributed by atoms with Gasteiger partial charge < -0.3 is 10.2 Å². The highest BCUT2D eigenvalue weighted by atomic mass is 35.5. The molecule has 0 heterocycles. The van der Waals surface area contributed by atoms with E-state index in [-0.39, 0.29) is 22.9 Å². The number of nitro benzene ring substituents is 1. The van der Waals surface area contributed by atoms with E-state index in [1.54, 1.807) is 25.1 Å². The number of benzene rings is 2. The Labute approximate surface area is 207 Å². The van der Waals surface area contributed by atoms with Gasteiger partial charge >= 0.3 is 0 Å². The van der Waals surface area contributed by atoms with Crippen molar-refractivity contribution in [1.82, 2.24) is 10.2 Å². The standard InChI is InChI=1S/C21H24Cl2N4O6S/c1-13-5-7-16(27(30)31)10-19(13)26(34(4,32)33)12-20(28)25(14(2)21(29)24-3)11-15-6-8-17(22)18(23)9-15/h5-10,14H,11-12H2,1-4H3,(H,24,29)/t14-/m0/s1. The molecule has 2 aromatic carbocycles. The molecule has 1 atom stereocenters. The van der Waals surface area contributed by atoms with E-state index < -0.39 is 39.3 Å². The lowest BCUT2D eigenvalue weighted by Crippen LogP contribution is -2.50. The first-order valence-corrected chi connectivity index (χ1v) is 12.5. The molecule has 0 radical (unpaired) electrons. The Hall–Kier alpha value is -2.89. The Balaban J connectivity index is 2.49. The fraction of sp³-hybridized carbons (Fsp3) is 0.333. The second-order valence-electron chi connectivity index (χ2n) is 7.56. The van der Waals surface area contributed by atoms with Crippen LogP contribution in [-0.4, -0.2) is 55.9 Å². The summed E-state index contributed by atoms with van der Waals surface area (Å²) in [5, 5.41) is 14.2. The molecular formula is C21H24Cl2N4O6S. The third kappa shape index (κ3) is 6.58. The van der Waals surface area contributed by atoms with E-state index in [2.05, 4.69) is 5.32 Å². The van der Waals surface area contributed by atoms with E-state index >= 15 is 0 Å². The molecule has 34 heavy (non-hydrogen) atoms. The molecule has 0 fully saturated rings. The molecule has 1 N–H and O–H groups in total. The number of sulfonamides is 1. The number of aryl methyl sites for hydroxylation is 1. The largest absolute Gasteiger partial charge is 0.357 e. The zero-order valence-corrected chi connectivity index (χ0v) is 21.2. The Morgan fingerprint density at radius 3 is 2.32 bits per heavy atom. The molecule has 0 aliphatic heterocycles. The highest BCUT2D eigenvalue weighted by Crippen LogP contribution is 2.28. The monoisotopic (exact) mass is 530 g/mol. The van der Waals surface area contributed by atoms with Gasteiger partial charge in [-0.3, -0.25) is 24.0 Å². The smallest absolute Gasteiger partial charge is 0.271 e. The van der Waals surface area contributed by atoms with Gasteiger partial charge in [-0.15, -0.1) is 0 Å². The summed E-state index contributed by atoms with van der Waals surface area (Å²) in [6.45, 7) is 2.33. The number of non-ortho nitro benzene ring substituents is 1. The quantitative estimate of drug-likeness (QED) is 0.391. The number of amides is 2. The van der Waals surface area contributed by atoms with Crippen LogP contribution in [0.15, 0.2) is 36.4 Å². The van der Waals surface area contributed by atoms with Crippen LogP contribution in [0.5, 0.6) is 0 Å². The topological polar surface area (TPSA) is 130 Å². The molecule has 0 aliphatic rings. The summed E-state index contributed by atoms with van der Waals surface area (Å²) >= 11 is 12.0. The highest BCUT2D eigenvalue weighted by Gasteiger charge is 2.31. The molecule has 0 unspecified atom stereocenters. The van der Waals surface area contributed by atoms with Gasteiger partial charge in [0.15, 0.2) is 0 Å². The Morgan fingerprint density at radius 1 is 1.15 bits per heavy atom. The molecule has 0 aromatic heterocycles. The summed E-state index contributed by atoms with van der Waals surface area (Å²) in [5.41, 5.74) is 0.648. The van der Waals surface area contributed by atoms with Crippen molar-refractivity contribution in [2.45, 2.75) is 26.4 Å². The van der Waals surface area contributed by atoms with Crippen molar-refractivity contribution in [1.29, 1.82) is 0 Å². The Kier molecular flexibility index (Phi) is 8.87. The van der Waals surface area contributed by atoms with Crippen LogP contribution in [0.2, 0.25) is 10.0 Å². The first-order valence-electron chi connectivity index (χ1n) is 9.94. The van der Waals surface area contributed by atoms with Gasteiger partial charge in [0.1, 0.15) is 12.6 Å². The van der Waals surface area contributed by atoms with Crippen LogP contribution in [0.3, 0.4) is 0 Å². The van der Waals surface area contributed by atoms with Crippen LogP contribution in [0.25, 0.3) is 0 Å². The first-order chi connectivity index (χ1) is 15.8. The van der Waals surface area contributed by atoms with Crippen molar-refractivity contribution in [3.63, 3.8) is 0 Å². The lowest BCUT2D eigenvalue weighted by atomic mass is 10.1. The van der Waals surface area contributed by atoms with Crippen LogP contribution >= 0.6 is 23.2 Å². The lowest BCUT2D eigenvalue weighted by Gasteiger charge is -2.31. The number of carbonyl (C=O) groups excluding carboxylic acids is 2. The van der Waals surface area contributed by atoms with Gasteiger partial charge in [0.05, 0.1) is 26.9 Å². The zero-order valence-electron chi connectivity index (χ0n) is 18.9. The summed E-state index contributed by atoms with van der Waals surface area (Å²) in [6, 6.07) is 7.49. The summed E-state index contributed by atoms with van der Waals surface area (Å²) in [5.74, 6) is -1.16. The molecule has 184 valence electrons. The predicted octanol–water partition coefficient (Wildman–Crippen LogP) is 3.14. The molecule has 10 nitrogen and oxygen atoms in total. The van der Waals surface area contributed by atoms with Crippen LogP contribution in [0.1, 0.15) is 18.1 Å². The summed E-state index contributed by atoms with van der Waals surface area (Å²) < 4.78 is 26.0. The molecule has 0 saturated heterocycles. The Morgan fingerprint density at radius 2 is 1.79 bits per heavy atom. The summed E-state index contributed by atoms with van der Waals surface area (Å²) in [4.78, 5) is 37.5. The van der Waals surface area contributed by atoms with Crippen molar-refractivity contribution in [3.05, 3.63) is 67.7 Å². The number of halogens is 2. The van der Waals surface area contributed by atoms with Crippen LogP contribution in [-0.2, 0) is 26.2 Å². The maximum atomic E-state index is 13.4. The number of rotatable bonds is 9. The number of nitrogens with one attached hydrogen (secondary N) is 1. The molecule has 2 rings (SSSR count). The van der Waals surface area contributed by atoms with E-state index in [0.29, 0.717) is 16.1 Å². The maximum Gasteiger partial charge on any atom is 0.271 e. The van der Waals surface area contributed by atoms with E-state index in [1.807, 2.05) is 0 Å². The van der Waals surface area contributed by atoms with E-state index in [0.717, 1.165) is 16.6 Å². The fourth-order valence-electron chi connectivity index (χ4n) is 3.20. The predicted molar refractivity (Wildman–Crippen MR) is 131 cm³/mol. The summed E-state index contributed by atoms with van der Waals surface area (Å²) in [6.07, 6.45) is 0.893. The van der Waals surface area contributed by atoms with E-state index in [1.165, 1.54) is 31.0 Å². The van der Waals surface area contributed by atoms with Gasteiger partial charge in [0, 0.05) is 25.7 Å². The fourth-order valence-corrected chi connectivity index (χ4v) is 4.42. The minimum absolute atomic E-state index is 0.00728. The molecular weight excluding hydrogens is 507 g/mol. The van der Waals surface area contributed by atoms with Crippen molar-refractivity contribution in [2.24, 2.45) is 0 Å². The van der Waals surface area contributed by atoms with Gasteiger partial charge in [-0.25, -0.2) is 8.42 Å². The van der Waals surface area contributed by atoms with Crippen molar-refractivity contribution >= 4 is 56.4 Å². The normalized spacial score (nSPS) is 12.1. The number of hydrogen-bond donors (Lipinski definition) is 1. The number of hydrogen-bond acceptors (Lipinski definition) is 6. The minimum Gasteiger partial charge on any atom is -0.357 e. The maximum absolute atomic E-state index is 13.4. The average molecular weight is 531 g/mol. The third-order valence-electron chi connectivity index (χ3n) is 5.10. The second-order valence-corrected chi connectivity index (χ2v) is 10.3. The molecule has 0 saturated carbocycles. The van der Waals surface area contributed by atoms with Crippen molar-refractivity contribution < 1.29 is 22.9 Å². The van der Waals surface area contributed by atoms with E-state index in [9.17, 15) is 28.1 Å². The number of carbonyl (C=O) groups is 2. The molecule has 0 aliphatic carbocycles. The van der Waals surface area contributed by atoms with Crippen LogP contribution in [0, 0.1) is 17.0 Å². The average Bonchev–Trinajstić information content (AvgIpc) is 2.76. The van der Waals surface area contributed by atoms with Crippen LogP contribution < -0.4 is 9.62 Å². The third-order valence-corrected chi connectivity index (χ3v) is 6.97. The molecule has 13 heteroatoms. The van der Waals surface area contributed by atoms with Gasteiger partial charge in [-0.05, 0) is 37.1 Å². The SMILES string of the molecule is CNC(=O)[C@H](C)N(Cc1ccc(Cl)c(Cl)c1)C(=O)CN(c1cc([N+](=O)[O-])ccc1C)S(C)(=O)=O. The van der Waals surface area contributed by atoms with Crippen molar-refractivity contribution in [3.8, 4) is 0 Å². The van der Waals surface area contributed by atoms with Gasteiger partial charge in [-0.1, -0.05) is 35.3 Å². The highest BCUT2D eigenvalue weighted by molar-refractivity contribution is 7.92. The van der Waals surface area contributed by atoms with Crippen LogP contribution in [0.4, 0.5) is 11.4 Å². The number of likely N-dealkylation sites (N-methyl/N-ethyl adjacent to an activating group) is 1. The first kappa shape index (κ1) is 27.4. The number of nitro groups is 1. The molecule has 0 spiro atoms. The lowest BCUT2D eigenvalue weighted by molar-refractivity contribution is -0.384. The van der Waals surface area contributed by atoms with Gasteiger partial charge in [0.25, 0.3) is 5.69 Å². The number of nitrogens with zero attached hydrogens (tertiary/aromatic N) is 3. The molecule has 0 bridgehead atoms. The van der Waals surface area contributed by atoms with Gasteiger partial charge in [-0.2, -0.15) is 0 Å². The van der Waals surface area contributed by atoms with Gasteiger partial charge in [0.2, 0.25) is 21.8 Å². The minimum atomic E-state index is -4.02. The molecule has 2 aromatic rings. The van der Waals surface area contributed by atoms with E-state index in [4.69, 9.17) is 23.2 Å². The van der Waals surface area contributed by atoms with Crippen molar-refractivity contribution in [2.75, 3.05) is 24.2 Å². The summed E-state index contributed by atoms with van der Waals surface area (Å²) in [7, 11) is -2.61. The second kappa shape index (κ2) is 11.0.